The van der Waals surface area contributed by atoms with Crippen LogP contribution in [0.15, 0.2) is 30.3 Å². The third-order valence-corrected chi connectivity index (χ3v) is 5.23. The van der Waals surface area contributed by atoms with Crippen LogP contribution in [0.5, 0.6) is 0 Å². The number of rotatable bonds is 9. The fraction of sp³-hybridized carbons (Fsp3) is 0.625. The standard InChI is InChI=1S/C16H23O2P/c1-2-6-14(7-3-1)8-4-5-13-19(17-15-9-10-15)18-16-11-12-16/h1-3,6-7,15-16H,4-5,8-13H2. The Morgan fingerprint density at radius 3 is 2.11 bits per heavy atom. The van der Waals surface area contributed by atoms with Gasteiger partial charge in [0.25, 0.3) is 0 Å². The van der Waals surface area contributed by atoms with Gasteiger partial charge in [-0.1, -0.05) is 30.3 Å². The largest absolute Gasteiger partial charge is 0.331 e. The number of benzene rings is 1. The van der Waals surface area contributed by atoms with Gasteiger partial charge in [0, 0.05) is 6.16 Å². The van der Waals surface area contributed by atoms with Crippen LogP contribution in [0.4, 0.5) is 0 Å². The fourth-order valence-corrected chi connectivity index (χ4v) is 3.85. The quantitative estimate of drug-likeness (QED) is 0.482. The summed E-state index contributed by atoms with van der Waals surface area (Å²) in [5.41, 5.74) is 1.44. The zero-order chi connectivity index (χ0) is 12.9. The molecular weight excluding hydrogens is 255 g/mol. The van der Waals surface area contributed by atoms with Crippen LogP contribution in [-0.4, -0.2) is 18.4 Å². The summed E-state index contributed by atoms with van der Waals surface area (Å²) in [5, 5.41) is 0. The molecule has 2 fully saturated rings. The minimum absolute atomic E-state index is 0.527. The van der Waals surface area contributed by atoms with Crippen molar-refractivity contribution < 1.29 is 9.05 Å². The molecule has 0 amide bonds. The number of aryl methyl sites for hydroxylation is 1. The first-order chi connectivity index (χ1) is 9.40. The van der Waals surface area contributed by atoms with E-state index in [9.17, 15) is 0 Å². The predicted molar refractivity (Wildman–Crippen MR) is 79.4 cm³/mol. The maximum Gasteiger partial charge on any atom is 0.171 e. The van der Waals surface area contributed by atoms with Gasteiger partial charge in [-0.3, -0.25) is 0 Å². The van der Waals surface area contributed by atoms with Crippen LogP contribution in [0.25, 0.3) is 0 Å². The third kappa shape index (κ3) is 5.22. The lowest BCUT2D eigenvalue weighted by Crippen LogP contribution is -1.99. The topological polar surface area (TPSA) is 18.5 Å². The average Bonchev–Trinajstić information content (AvgIpc) is 3.32. The lowest BCUT2D eigenvalue weighted by atomic mass is 10.1. The molecule has 0 N–H and O–H groups in total. The van der Waals surface area contributed by atoms with Crippen molar-refractivity contribution in [3.05, 3.63) is 35.9 Å². The summed E-state index contributed by atoms with van der Waals surface area (Å²) in [7, 11) is -0.595. The van der Waals surface area contributed by atoms with Crippen molar-refractivity contribution in [1.82, 2.24) is 0 Å². The van der Waals surface area contributed by atoms with Crippen molar-refractivity contribution >= 4 is 8.38 Å². The van der Waals surface area contributed by atoms with Crippen molar-refractivity contribution in [2.45, 2.75) is 57.2 Å². The number of unbranched alkanes of at least 4 members (excludes halogenated alkanes) is 1. The Kier molecular flexibility index (Phi) is 4.87. The van der Waals surface area contributed by atoms with Crippen LogP contribution in [0.3, 0.4) is 0 Å². The predicted octanol–water partition coefficient (Wildman–Crippen LogP) is 4.68. The molecule has 3 rings (SSSR count). The minimum atomic E-state index is -0.595. The Morgan fingerprint density at radius 1 is 0.895 bits per heavy atom. The van der Waals surface area contributed by atoms with Gasteiger partial charge in [0.2, 0.25) is 0 Å². The van der Waals surface area contributed by atoms with Gasteiger partial charge in [-0.2, -0.15) is 0 Å². The van der Waals surface area contributed by atoms with Crippen molar-refractivity contribution in [2.24, 2.45) is 0 Å². The highest BCUT2D eigenvalue weighted by molar-refractivity contribution is 7.47. The maximum atomic E-state index is 6.01. The van der Waals surface area contributed by atoms with E-state index in [1.807, 2.05) is 0 Å². The lowest BCUT2D eigenvalue weighted by molar-refractivity contribution is 0.232. The molecule has 104 valence electrons. The second kappa shape index (κ2) is 6.83. The molecule has 0 spiro atoms. The van der Waals surface area contributed by atoms with Gasteiger partial charge in [-0.15, -0.1) is 0 Å². The van der Waals surface area contributed by atoms with Gasteiger partial charge in [-0.25, -0.2) is 0 Å². The molecule has 2 aliphatic rings. The normalized spacial score (nSPS) is 19.0. The van der Waals surface area contributed by atoms with E-state index < -0.39 is 8.38 Å². The van der Waals surface area contributed by atoms with E-state index >= 15 is 0 Å². The first kappa shape index (κ1) is 13.5. The summed E-state index contributed by atoms with van der Waals surface area (Å²) in [5.74, 6) is 0. The molecule has 3 heteroatoms. The molecule has 2 saturated carbocycles. The molecule has 1 aromatic rings. The van der Waals surface area contributed by atoms with E-state index in [0.29, 0.717) is 12.2 Å². The molecule has 0 radical (unpaired) electrons. The van der Waals surface area contributed by atoms with Crippen LogP contribution < -0.4 is 0 Å². The summed E-state index contributed by atoms with van der Waals surface area (Å²) in [6.07, 6.45) is 10.8. The molecule has 0 aliphatic heterocycles. The van der Waals surface area contributed by atoms with Gasteiger partial charge < -0.3 is 9.05 Å². The second-order valence-electron chi connectivity index (χ2n) is 5.61. The molecule has 0 aromatic heterocycles. The van der Waals surface area contributed by atoms with E-state index in [4.69, 9.17) is 9.05 Å². The van der Waals surface area contributed by atoms with Gasteiger partial charge in [0.15, 0.2) is 8.38 Å². The zero-order valence-electron chi connectivity index (χ0n) is 11.5. The van der Waals surface area contributed by atoms with E-state index in [1.165, 1.54) is 50.5 Å². The summed E-state index contributed by atoms with van der Waals surface area (Å²) in [4.78, 5) is 0. The van der Waals surface area contributed by atoms with Crippen molar-refractivity contribution in [2.75, 3.05) is 6.16 Å². The van der Waals surface area contributed by atoms with E-state index in [1.54, 1.807) is 0 Å². The van der Waals surface area contributed by atoms with Crippen LogP contribution in [0.1, 0.15) is 44.1 Å². The molecule has 0 unspecified atom stereocenters. The van der Waals surface area contributed by atoms with Crippen molar-refractivity contribution in [1.29, 1.82) is 0 Å². The van der Waals surface area contributed by atoms with Gasteiger partial charge in [-0.05, 0) is 50.5 Å². The summed E-state index contributed by atoms with van der Waals surface area (Å²) in [6, 6.07) is 10.7. The second-order valence-corrected chi connectivity index (χ2v) is 7.14. The van der Waals surface area contributed by atoms with E-state index in [0.717, 1.165) is 6.16 Å². The maximum absolute atomic E-state index is 6.01. The molecule has 0 bridgehead atoms. The third-order valence-electron chi connectivity index (χ3n) is 3.48. The van der Waals surface area contributed by atoms with Crippen LogP contribution in [0.2, 0.25) is 0 Å². The Labute approximate surface area is 117 Å². The van der Waals surface area contributed by atoms with Gasteiger partial charge in [0.05, 0.1) is 12.2 Å². The van der Waals surface area contributed by atoms with Crippen LogP contribution in [-0.2, 0) is 15.5 Å². The van der Waals surface area contributed by atoms with E-state index in [-0.39, 0.29) is 0 Å². The first-order valence-corrected chi connectivity index (χ1v) is 8.91. The highest BCUT2D eigenvalue weighted by atomic mass is 31.2. The monoisotopic (exact) mass is 278 g/mol. The Balaban J connectivity index is 1.34. The van der Waals surface area contributed by atoms with Crippen LogP contribution >= 0.6 is 8.38 Å². The SMILES string of the molecule is c1ccc(CCCCP(OC2CC2)OC2CC2)cc1. The highest BCUT2D eigenvalue weighted by Gasteiger charge is 2.31. The average molecular weight is 278 g/mol. The molecular formula is C16H23O2P. The fourth-order valence-electron chi connectivity index (χ4n) is 2.02. The molecule has 19 heavy (non-hydrogen) atoms. The summed E-state index contributed by atoms with van der Waals surface area (Å²) < 4.78 is 12.0. The van der Waals surface area contributed by atoms with Gasteiger partial charge >= 0.3 is 0 Å². The Morgan fingerprint density at radius 2 is 1.53 bits per heavy atom. The summed E-state index contributed by atoms with van der Waals surface area (Å²) >= 11 is 0. The minimum Gasteiger partial charge on any atom is -0.331 e. The first-order valence-electron chi connectivity index (χ1n) is 7.55. The van der Waals surface area contributed by atoms with Crippen molar-refractivity contribution in [3.63, 3.8) is 0 Å². The molecule has 0 atom stereocenters. The lowest BCUT2D eigenvalue weighted by Gasteiger charge is -2.16. The van der Waals surface area contributed by atoms with Crippen molar-refractivity contribution in [3.8, 4) is 0 Å². The number of hydrogen-bond acceptors (Lipinski definition) is 2. The van der Waals surface area contributed by atoms with Gasteiger partial charge in [0.1, 0.15) is 0 Å². The Hall–Kier alpha value is -0.430. The highest BCUT2D eigenvalue weighted by Crippen LogP contribution is 2.50. The molecule has 0 heterocycles. The van der Waals surface area contributed by atoms with E-state index in [2.05, 4.69) is 30.3 Å². The zero-order valence-corrected chi connectivity index (χ0v) is 12.4. The molecule has 2 nitrogen and oxygen atoms in total. The summed E-state index contributed by atoms with van der Waals surface area (Å²) in [6.45, 7) is 0. The Bertz CT molecular complexity index is 360. The number of hydrogen-bond donors (Lipinski definition) is 0. The smallest absolute Gasteiger partial charge is 0.171 e. The molecule has 0 saturated heterocycles. The molecule has 1 aromatic carbocycles. The molecule has 2 aliphatic carbocycles. The van der Waals surface area contributed by atoms with Crippen LogP contribution in [0, 0.1) is 0 Å².